The van der Waals surface area contributed by atoms with Gasteiger partial charge in [-0.1, -0.05) is 24.3 Å². The molecule has 0 radical (unpaired) electrons. The van der Waals surface area contributed by atoms with Crippen LogP contribution in [0.1, 0.15) is 28.4 Å². The molecule has 1 N–H and O–H groups in total. The van der Waals surface area contributed by atoms with Gasteiger partial charge in [-0.15, -0.1) is 0 Å². The first-order valence-electron chi connectivity index (χ1n) is 7.32. The molecule has 4 heteroatoms. The second kappa shape index (κ2) is 6.12. The van der Waals surface area contributed by atoms with Gasteiger partial charge < -0.3 is 5.32 Å². The van der Waals surface area contributed by atoms with Crippen molar-refractivity contribution < 1.29 is 9.59 Å². The number of hydrogen-bond donors (Lipinski definition) is 1. The van der Waals surface area contributed by atoms with Crippen LogP contribution >= 0.6 is 0 Å². The van der Waals surface area contributed by atoms with Crippen molar-refractivity contribution in [1.29, 1.82) is 0 Å². The third-order valence-electron chi connectivity index (χ3n) is 3.85. The molecule has 1 aliphatic rings. The number of Topliss-reactive ketones (excluding diaryl/α,β-unsaturated/α-hetero) is 1. The van der Waals surface area contributed by atoms with Gasteiger partial charge in [0.25, 0.3) is 0 Å². The summed E-state index contributed by atoms with van der Waals surface area (Å²) in [7, 11) is 0. The van der Waals surface area contributed by atoms with Crippen LogP contribution in [-0.4, -0.2) is 23.1 Å². The van der Waals surface area contributed by atoms with Crippen molar-refractivity contribution in [2.75, 3.05) is 11.9 Å². The maximum Gasteiger partial charge on any atom is 0.238 e. The van der Waals surface area contributed by atoms with Crippen LogP contribution in [0.5, 0.6) is 0 Å². The summed E-state index contributed by atoms with van der Waals surface area (Å²) < 4.78 is 0. The Balaban J connectivity index is 1.56. The molecule has 0 spiro atoms. The molecule has 0 saturated carbocycles. The van der Waals surface area contributed by atoms with E-state index in [4.69, 9.17) is 0 Å². The highest BCUT2D eigenvalue weighted by atomic mass is 16.2. The molecule has 0 bridgehead atoms. The first-order chi connectivity index (χ1) is 10.6. The number of carbonyl (C=O) groups excluding carboxylic acids is 2. The SMILES string of the molecule is CC(=O)c1ccc(NC(=O)CN2Cc3ccccc3C2)cc1. The second-order valence-corrected chi connectivity index (χ2v) is 5.60. The van der Waals surface area contributed by atoms with Crippen molar-refractivity contribution in [1.82, 2.24) is 4.90 Å². The molecule has 2 aromatic rings. The summed E-state index contributed by atoms with van der Waals surface area (Å²) in [5.74, 6) is -0.0175. The van der Waals surface area contributed by atoms with Crippen LogP contribution in [-0.2, 0) is 17.9 Å². The molecule has 0 unspecified atom stereocenters. The number of anilines is 1. The first kappa shape index (κ1) is 14.5. The van der Waals surface area contributed by atoms with E-state index in [1.54, 1.807) is 24.3 Å². The quantitative estimate of drug-likeness (QED) is 0.882. The van der Waals surface area contributed by atoms with E-state index in [9.17, 15) is 9.59 Å². The fourth-order valence-corrected chi connectivity index (χ4v) is 2.71. The monoisotopic (exact) mass is 294 g/mol. The molecule has 2 aromatic carbocycles. The highest BCUT2D eigenvalue weighted by Crippen LogP contribution is 2.21. The molecular formula is C18H18N2O2. The van der Waals surface area contributed by atoms with E-state index in [2.05, 4.69) is 22.3 Å². The van der Waals surface area contributed by atoms with E-state index in [1.807, 2.05) is 12.1 Å². The minimum atomic E-state index is -0.0385. The average Bonchev–Trinajstić information content (AvgIpc) is 2.89. The lowest BCUT2D eigenvalue weighted by atomic mass is 10.1. The van der Waals surface area contributed by atoms with Crippen LogP contribution in [0.15, 0.2) is 48.5 Å². The topological polar surface area (TPSA) is 49.4 Å². The smallest absolute Gasteiger partial charge is 0.238 e. The highest BCUT2D eigenvalue weighted by molar-refractivity contribution is 5.96. The molecule has 0 saturated heterocycles. The van der Waals surface area contributed by atoms with Gasteiger partial charge in [0.1, 0.15) is 0 Å². The van der Waals surface area contributed by atoms with Crippen molar-refractivity contribution in [3.05, 3.63) is 65.2 Å². The molecule has 3 rings (SSSR count). The summed E-state index contributed by atoms with van der Waals surface area (Å²) in [6.45, 7) is 3.52. The van der Waals surface area contributed by atoms with Crippen LogP contribution in [0.25, 0.3) is 0 Å². The minimum Gasteiger partial charge on any atom is -0.325 e. The van der Waals surface area contributed by atoms with E-state index in [0.29, 0.717) is 17.8 Å². The van der Waals surface area contributed by atoms with Crippen molar-refractivity contribution in [3.8, 4) is 0 Å². The molecule has 1 heterocycles. The van der Waals surface area contributed by atoms with E-state index >= 15 is 0 Å². The van der Waals surface area contributed by atoms with Crippen LogP contribution in [0.3, 0.4) is 0 Å². The molecular weight excluding hydrogens is 276 g/mol. The number of benzene rings is 2. The zero-order valence-corrected chi connectivity index (χ0v) is 12.5. The lowest BCUT2D eigenvalue weighted by Gasteiger charge is -2.14. The van der Waals surface area contributed by atoms with Gasteiger partial charge in [0.2, 0.25) is 5.91 Å². The molecule has 0 aliphatic carbocycles. The third kappa shape index (κ3) is 3.23. The number of carbonyl (C=O) groups is 2. The fourth-order valence-electron chi connectivity index (χ4n) is 2.71. The van der Waals surface area contributed by atoms with Gasteiger partial charge in [-0.3, -0.25) is 14.5 Å². The fraction of sp³-hybridized carbons (Fsp3) is 0.222. The number of amides is 1. The van der Waals surface area contributed by atoms with Gasteiger partial charge in [-0.2, -0.15) is 0 Å². The lowest BCUT2D eigenvalue weighted by Crippen LogP contribution is -2.29. The molecule has 0 atom stereocenters. The van der Waals surface area contributed by atoms with Crippen molar-refractivity contribution in [2.24, 2.45) is 0 Å². The molecule has 1 amide bonds. The number of nitrogens with one attached hydrogen (secondary N) is 1. The van der Waals surface area contributed by atoms with Crippen LogP contribution < -0.4 is 5.32 Å². The maximum atomic E-state index is 12.1. The van der Waals surface area contributed by atoms with E-state index in [0.717, 1.165) is 13.1 Å². The zero-order valence-electron chi connectivity index (χ0n) is 12.5. The van der Waals surface area contributed by atoms with Crippen molar-refractivity contribution >= 4 is 17.4 Å². The molecule has 0 aromatic heterocycles. The first-order valence-corrected chi connectivity index (χ1v) is 7.32. The Bertz CT molecular complexity index is 682. The molecule has 4 nitrogen and oxygen atoms in total. The van der Waals surface area contributed by atoms with Crippen LogP contribution in [0.2, 0.25) is 0 Å². The molecule has 1 aliphatic heterocycles. The number of rotatable bonds is 4. The Labute approximate surface area is 129 Å². The third-order valence-corrected chi connectivity index (χ3v) is 3.85. The second-order valence-electron chi connectivity index (χ2n) is 5.60. The number of hydrogen-bond acceptors (Lipinski definition) is 3. The number of fused-ring (bicyclic) bond motifs is 1. The Hall–Kier alpha value is -2.46. The van der Waals surface area contributed by atoms with E-state index in [-0.39, 0.29) is 11.7 Å². The summed E-state index contributed by atoms with van der Waals surface area (Å²) >= 11 is 0. The summed E-state index contributed by atoms with van der Waals surface area (Å²) in [5.41, 5.74) is 3.95. The van der Waals surface area contributed by atoms with Crippen LogP contribution in [0, 0.1) is 0 Å². The Kier molecular flexibility index (Phi) is 4.02. The summed E-state index contributed by atoms with van der Waals surface area (Å²) in [5, 5.41) is 2.87. The van der Waals surface area contributed by atoms with Gasteiger partial charge in [-0.05, 0) is 42.3 Å². The van der Waals surface area contributed by atoms with Crippen molar-refractivity contribution in [3.63, 3.8) is 0 Å². The summed E-state index contributed by atoms with van der Waals surface area (Å²) in [4.78, 5) is 25.5. The van der Waals surface area contributed by atoms with E-state index < -0.39 is 0 Å². The number of ketones is 1. The van der Waals surface area contributed by atoms with Gasteiger partial charge >= 0.3 is 0 Å². The predicted octanol–water partition coefficient (Wildman–Crippen LogP) is 2.84. The Morgan fingerprint density at radius 3 is 2.14 bits per heavy atom. The number of nitrogens with zero attached hydrogens (tertiary/aromatic N) is 1. The zero-order chi connectivity index (χ0) is 15.5. The highest BCUT2D eigenvalue weighted by Gasteiger charge is 2.20. The van der Waals surface area contributed by atoms with Gasteiger partial charge in [0.05, 0.1) is 6.54 Å². The summed E-state index contributed by atoms with van der Waals surface area (Å²) in [6, 6.07) is 15.2. The summed E-state index contributed by atoms with van der Waals surface area (Å²) in [6.07, 6.45) is 0. The molecule has 0 fully saturated rings. The molecule has 112 valence electrons. The standard InChI is InChI=1S/C18H18N2O2/c1-13(21)14-6-8-17(9-7-14)19-18(22)12-20-10-15-4-2-3-5-16(15)11-20/h2-9H,10-12H2,1H3,(H,19,22). The molecule has 22 heavy (non-hydrogen) atoms. The van der Waals surface area contributed by atoms with Gasteiger partial charge in [0, 0.05) is 24.3 Å². The van der Waals surface area contributed by atoms with Gasteiger partial charge in [-0.25, -0.2) is 0 Å². The normalized spacial score (nSPS) is 13.7. The minimum absolute atomic E-state index is 0.0210. The predicted molar refractivity (Wildman–Crippen MR) is 85.6 cm³/mol. The van der Waals surface area contributed by atoms with Crippen molar-refractivity contribution in [2.45, 2.75) is 20.0 Å². The van der Waals surface area contributed by atoms with E-state index in [1.165, 1.54) is 18.1 Å². The van der Waals surface area contributed by atoms with Crippen LogP contribution in [0.4, 0.5) is 5.69 Å². The Morgan fingerprint density at radius 1 is 1.00 bits per heavy atom. The lowest BCUT2D eigenvalue weighted by molar-refractivity contribution is -0.117. The average molecular weight is 294 g/mol. The largest absolute Gasteiger partial charge is 0.325 e. The Morgan fingerprint density at radius 2 is 1.59 bits per heavy atom. The van der Waals surface area contributed by atoms with Gasteiger partial charge in [0.15, 0.2) is 5.78 Å². The maximum absolute atomic E-state index is 12.1.